The van der Waals surface area contributed by atoms with Crippen molar-refractivity contribution in [2.24, 2.45) is 5.92 Å². The van der Waals surface area contributed by atoms with Crippen LogP contribution in [0.5, 0.6) is 17.4 Å². The summed E-state index contributed by atoms with van der Waals surface area (Å²) < 4.78 is 80.0. The largest absolute Gasteiger partial charge is 0.473 e. The van der Waals surface area contributed by atoms with Crippen LogP contribution in [0.15, 0.2) is 41.3 Å². The molecule has 1 saturated carbocycles. The predicted molar refractivity (Wildman–Crippen MR) is 116 cm³/mol. The van der Waals surface area contributed by atoms with Gasteiger partial charge in [-0.15, -0.1) is 0 Å². The molecule has 2 aromatic heterocycles. The molecule has 2 fully saturated rings. The van der Waals surface area contributed by atoms with E-state index in [0.29, 0.717) is 24.6 Å². The minimum atomic E-state index is -4.74. The summed E-state index contributed by atoms with van der Waals surface area (Å²) in [7, 11) is 0. The fourth-order valence-corrected chi connectivity index (χ4v) is 5.50. The molecule has 3 atom stereocenters. The van der Waals surface area contributed by atoms with Crippen LogP contribution in [0.2, 0.25) is 0 Å². The van der Waals surface area contributed by atoms with Gasteiger partial charge in [0.05, 0.1) is 6.04 Å². The van der Waals surface area contributed by atoms with E-state index in [0.717, 1.165) is 49.5 Å². The molecule has 1 aromatic carbocycles. The Morgan fingerprint density at radius 3 is 2.61 bits per heavy atom. The SMILES string of the molecule is O=c1nc(OCc2cc(F)c(Oc3ccnc(C(F)(F)F)c3)c(F)c2)cc2n1C[C@H]1[C@H]3CC[C@H](C3)N21. The van der Waals surface area contributed by atoms with Crippen molar-refractivity contribution in [3.63, 3.8) is 0 Å². The van der Waals surface area contributed by atoms with Crippen LogP contribution in [-0.2, 0) is 19.3 Å². The van der Waals surface area contributed by atoms with Crippen molar-refractivity contribution >= 4 is 5.82 Å². The molecule has 36 heavy (non-hydrogen) atoms. The maximum atomic E-state index is 14.6. The number of alkyl halides is 3. The van der Waals surface area contributed by atoms with Crippen LogP contribution in [0.3, 0.4) is 0 Å². The molecule has 12 heteroatoms. The Hall–Kier alpha value is -3.70. The number of piperidine rings is 1. The van der Waals surface area contributed by atoms with E-state index in [4.69, 9.17) is 9.47 Å². The second kappa shape index (κ2) is 8.17. The van der Waals surface area contributed by atoms with Crippen LogP contribution in [0, 0.1) is 17.6 Å². The van der Waals surface area contributed by atoms with E-state index < -0.39 is 40.7 Å². The lowest BCUT2D eigenvalue weighted by molar-refractivity contribution is -0.141. The standard InChI is InChI=1S/C24H19F5N4O3/c25-16-5-12(6-17(26)22(16)36-15-3-4-30-19(8-15)24(27,28)29)11-35-20-9-21-32(23(34)31-20)10-18-13-1-2-14(7-13)33(18)21/h3-6,8-9,13-14,18H,1-2,7,10-11H2/t13-,14+,18-/m0/s1. The molecule has 6 rings (SSSR count). The van der Waals surface area contributed by atoms with Gasteiger partial charge in [0.15, 0.2) is 17.4 Å². The molecule has 0 spiro atoms. The predicted octanol–water partition coefficient (Wildman–Crippen LogP) is 4.68. The van der Waals surface area contributed by atoms with Crippen LogP contribution in [0.1, 0.15) is 30.5 Å². The number of rotatable bonds is 5. The van der Waals surface area contributed by atoms with Gasteiger partial charge in [0.1, 0.15) is 23.9 Å². The first kappa shape index (κ1) is 22.7. The molecule has 3 aliphatic rings. The lowest BCUT2D eigenvalue weighted by Crippen LogP contribution is -2.37. The third-order valence-electron chi connectivity index (χ3n) is 7.03. The van der Waals surface area contributed by atoms with E-state index in [1.54, 1.807) is 10.6 Å². The Morgan fingerprint density at radius 2 is 1.86 bits per heavy atom. The summed E-state index contributed by atoms with van der Waals surface area (Å²) in [5.74, 6) is -2.17. The van der Waals surface area contributed by atoms with Gasteiger partial charge in [-0.3, -0.25) is 9.55 Å². The molecule has 188 valence electrons. The molecule has 0 radical (unpaired) electrons. The van der Waals surface area contributed by atoms with Gasteiger partial charge >= 0.3 is 11.9 Å². The van der Waals surface area contributed by atoms with E-state index in [1.165, 1.54) is 0 Å². The summed E-state index contributed by atoms with van der Waals surface area (Å²) in [4.78, 5) is 21.9. The lowest BCUT2D eigenvalue weighted by atomic mass is 10.00. The summed E-state index contributed by atoms with van der Waals surface area (Å²) in [6, 6.07) is 5.85. The minimum Gasteiger partial charge on any atom is -0.473 e. The third-order valence-corrected chi connectivity index (χ3v) is 7.03. The van der Waals surface area contributed by atoms with Crippen LogP contribution in [0.25, 0.3) is 0 Å². The molecule has 4 heterocycles. The Morgan fingerprint density at radius 1 is 1.08 bits per heavy atom. The van der Waals surface area contributed by atoms with E-state index in [-0.39, 0.29) is 24.1 Å². The van der Waals surface area contributed by atoms with Gasteiger partial charge in [0.25, 0.3) is 0 Å². The number of ether oxygens (including phenoxy) is 2. The van der Waals surface area contributed by atoms with Crippen molar-refractivity contribution in [2.45, 2.75) is 50.7 Å². The van der Waals surface area contributed by atoms with Gasteiger partial charge in [-0.25, -0.2) is 13.6 Å². The first-order valence-electron chi connectivity index (χ1n) is 11.4. The first-order valence-corrected chi connectivity index (χ1v) is 11.4. The second-order valence-corrected chi connectivity index (χ2v) is 9.20. The average molecular weight is 506 g/mol. The van der Waals surface area contributed by atoms with Crippen LogP contribution in [-0.4, -0.2) is 26.6 Å². The van der Waals surface area contributed by atoms with Gasteiger partial charge in [0, 0.05) is 30.9 Å². The minimum absolute atomic E-state index is 0.0484. The number of nitrogens with zero attached hydrogens (tertiary/aromatic N) is 4. The van der Waals surface area contributed by atoms with Crippen molar-refractivity contribution in [1.82, 2.24) is 14.5 Å². The average Bonchev–Trinajstić information content (AvgIpc) is 3.53. The van der Waals surface area contributed by atoms with E-state index >= 15 is 0 Å². The van der Waals surface area contributed by atoms with Crippen LogP contribution in [0.4, 0.5) is 27.8 Å². The highest BCUT2D eigenvalue weighted by molar-refractivity contribution is 5.51. The zero-order valence-electron chi connectivity index (χ0n) is 18.6. The maximum absolute atomic E-state index is 14.6. The molecular weight excluding hydrogens is 487 g/mol. The fourth-order valence-electron chi connectivity index (χ4n) is 5.50. The Bertz CT molecular complexity index is 1390. The highest BCUT2D eigenvalue weighted by Crippen LogP contribution is 2.48. The molecule has 1 saturated heterocycles. The number of pyridine rings is 1. The van der Waals surface area contributed by atoms with E-state index in [2.05, 4.69) is 14.9 Å². The third kappa shape index (κ3) is 3.84. The van der Waals surface area contributed by atoms with Crippen molar-refractivity contribution in [1.29, 1.82) is 0 Å². The second-order valence-electron chi connectivity index (χ2n) is 9.20. The van der Waals surface area contributed by atoms with Gasteiger partial charge in [-0.05, 0) is 48.9 Å². The molecule has 2 bridgehead atoms. The molecule has 3 aromatic rings. The van der Waals surface area contributed by atoms with Gasteiger partial charge in [-0.2, -0.15) is 18.2 Å². The topological polar surface area (TPSA) is 69.5 Å². The van der Waals surface area contributed by atoms with Crippen molar-refractivity contribution in [2.75, 3.05) is 4.90 Å². The smallest absolute Gasteiger partial charge is 0.433 e. The van der Waals surface area contributed by atoms with Crippen molar-refractivity contribution in [3.8, 4) is 17.4 Å². The lowest BCUT2D eigenvalue weighted by Gasteiger charge is -2.30. The number of anilines is 1. The van der Waals surface area contributed by atoms with Crippen LogP contribution >= 0.6 is 0 Å². The first-order chi connectivity index (χ1) is 17.2. The molecule has 0 N–H and O–H groups in total. The maximum Gasteiger partial charge on any atom is 0.433 e. The number of hydrogen-bond donors (Lipinski definition) is 0. The Kier molecular flexibility index (Phi) is 5.16. The zero-order valence-corrected chi connectivity index (χ0v) is 18.6. The number of benzene rings is 1. The number of aromatic nitrogens is 3. The van der Waals surface area contributed by atoms with Gasteiger partial charge in [0.2, 0.25) is 5.88 Å². The van der Waals surface area contributed by atoms with Crippen molar-refractivity contribution in [3.05, 3.63) is 69.9 Å². The summed E-state index contributed by atoms with van der Waals surface area (Å²) in [6.45, 7) is 0.315. The quantitative estimate of drug-likeness (QED) is 0.469. The van der Waals surface area contributed by atoms with E-state index in [9.17, 15) is 26.7 Å². The summed E-state index contributed by atoms with van der Waals surface area (Å²) >= 11 is 0. The summed E-state index contributed by atoms with van der Waals surface area (Å²) in [5.41, 5.74) is -1.60. The molecule has 2 aliphatic heterocycles. The Labute approximate surface area is 201 Å². The molecule has 0 unspecified atom stereocenters. The highest BCUT2D eigenvalue weighted by atomic mass is 19.4. The van der Waals surface area contributed by atoms with Crippen LogP contribution < -0.4 is 20.1 Å². The molecule has 0 amide bonds. The monoisotopic (exact) mass is 506 g/mol. The van der Waals surface area contributed by atoms with E-state index in [1.807, 2.05) is 0 Å². The normalized spacial score (nSPS) is 22.0. The molecule has 1 aliphatic carbocycles. The van der Waals surface area contributed by atoms with Gasteiger partial charge < -0.3 is 14.4 Å². The number of halogens is 5. The summed E-state index contributed by atoms with van der Waals surface area (Å²) in [5, 5.41) is 0. The Balaban J connectivity index is 1.19. The highest BCUT2D eigenvalue weighted by Gasteiger charge is 2.50. The molecule has 7 nitrogen and oxygen atoms in total. The zero-order chi connectivity index (χ0) is 25.2. The summed E-state index contributed by atoms with van der Waals surface area (Å²) in [6.07, 6.45) is -0.551. The number of hydrogen-bond acceptors (Lipinski definition) is 6. The number of fused-ring (bicyclic) bond motifs is 7. The van der Waals surface area contributed by atoms with Gasteiger partial charge in [-0.1, -0.05) is 0 Å². The molecular formula is C24H19F5N4O3. The van der Waals surface area contributed by atoms with Crippen molar-refractivity contribution < 1.29 is 31.4 Å². The fraction of sp³-hybridized carbons (Fsp3) is 0.375.